The fourth-order valence-corrected chi connectivity index (χ4v) is 2.58. The lowest BCUT2D eigenvalue weighted by Crippen LogP contribution is -2.36. The van der Waals surface area contributed by atoms with Crippen LogP contribution in [0.4, 0.5) is 0 Å². The molecule has 0 radical (unpaired) electrons. The van der Waals surface area contributed by atoms with Crippen molar-refractivity contribution in [3.63, 3.8) is 0 Å². The number of halogens is 1. The van der Waals surface area contributed by atoms with Gasteiger partial charge >= 0.3 is 5.97 Å². The Labute approximate surface area is 95.2 Å². The molecule has 0 aliphatic carbocycles. The maximum absolute atomic E-state index is 11.3. The largest absolute Gasteiger partial charge is 0.468 e. The Kier molecular flexibility index (Phi) is 6.16. The van der Waals surface area contributed by atoms with Crippen LogP contribution in [0.1, 0.15) is 13.8 Å². The standard InChI is InChI=1S/C8H16ClNO4S/c1-6(2)5-15(12,13)10-4-7(9)8(11)14-3/h6-7,10H,4-5H2,1-3H3. The number of carbonyl (C=O) groups is 1. The molecule has 0 aromatic carbocycles. The zero-order valence-corrected chi connectivity index (χ0v) is 10.6. The van der Waals surface area contributed by atoms with Crippen molar-refractivity contribution in [2.24, 2.45) is 5.92 Å². The number of hydrogen-bond donors (Lipinski definition) is 1. The highest BCUT2D eigenvalue weighted by Gasteiger charge is 2.19. The third-order valence-corrected chi connectivity index (χ3v) is 3.54. The lowest BCUT2D eigenvalue weighted by Gasteiger charge is -2.10. The summed E-state index contributed by atoms with van der Waals surface area (Å²) in [6, 6.07) is 0. The van der Waals surface area contributed by atoms with Gasteiger partial charge in [-0.1, -0.05) is 13.8 Å². The number of hydrogen-bond acceptors (Lipinski definition) is 4. The minimum absolute atomic E-state index is 0.0117. The summed E-state index contributed by atoms with van der Waals surface area (Å²) in [5, 5.41) is -0.989. The van der Waals surface area contributed by atoms with Gasteiger partial charge in [0.05, 0.1) is 12.9 Å². The molecule has 1 atom stereocenters. The summed E-state index contributed by atoms with van der Waals surface area (Å²) in [6.45, 7) is 3.43. The zero-order chi connectivity index (χ0) is 12.1. The molecule has 15 heavy (non-hydrogen) atoms. The normalized spacial score (nSPS) is 13.9. The molecule has 7 heteroatoms. The second kappa shape index (κ2) is 6.30. The summed E-state index contributed by atoms with van der Waals surface area (Å²) in [7, 11) is -2.17. The maximum atomic E-state index is 11.3. The second-order valence-electron chi connectivity index (χ2n) is 3.51. The molecule has 0 fully saturated rings. The molecular formula is C8H16ClNO4S. The lowest BCUT2D eigenvalue weighted by molar-refractivity contribution is -0.140. The van der Waals surface area contributed by atoms with E-state index in [-0.39, 0.29) is 18.2 Å². The van der Waals surface area contributed by atoms with Gasteiger partial charge < -0.3 is 4.74 Å². The van der Waals surface area contributed by atoms with Crippen molar-refractivity contribution in [2.45, 2.75) is 19.2 Å². The molecule has 0 spiro atoms. The predicted octanol–water partition coefficient (Wildman–Crippen LogP) is 0.342. The summed E-state index contributed by atoms with van der Waals surface area (Å²) < 4.78 is 29.3. The monoisotopic (exact) mass is 257 g/mol. The van der Waals surface area contributed by atoms with E-state index in [4.69, 9.17) is 11.6 Å². The molecule has 0 bridgehead atoms. The van der Waals surface area contributed by atoms with Crippen LogP contribution in [-0.4, -0.2) is 39.2 Å². The van der Waals surface area contributed by atoms with E-state index in [1.54, 1.807) is 13.8 Å². The number of ether oxygens (including phenoxy) is 1. The van der Waals surface area contributed by atoms with Gasteiger partial charge in [0.25, 0.3) is 0 Å². The van der Waals surface area contributed by atoms with Gasteiger partial charge in [-0.2, -0.15) is 0 Å². The van der Waals surface area contributed by atoms with Crippen molar-refractivity contribution in [3.8, 4) is 0 Å². The van der Waals surface area contributed by atoms with E-state index in [9.17, 15) is 13.2 Å². The van der Waals surface area contributed by atoms with E-state index < -0.39 is 21.4 Å². The number of nitrogens with one attached hydrogen (secondary N) is 1. The molecule has 90 valence electrons. The number of esters is 1. The Balaban J connectivity index is 4.10. The quantitative estimate of drug-likeness (QED) is 0.550. The Morgan fingerprint density at radius 2 is 2.00 bits per heavy atom. The molecule has 1 N–H and O–H groups in total. The van der Waals surface area contributed by atoms with E-state index in [1.165, 1.54) is 7.11 Å². The molecule has 0 aliphatic heterocycles. The highest BCUT2D eigenvalue weighted by Crippen LogP contribution is 2.01. The molecule has 5 nitrogen and oxygen atoms in total. The van der Waals surface area contributed by atoms with Gasteiger partial charge in [0.15, 0.2) is 0 Å². The Morgan fingerprint density at radius 3 is 2.40 bits per heavy atom. The highest BCUT2D eigenvalue weighted by atomic mass is 35.5. The molecule has 0 saturated heterocycles. The van der Waals surface area contributed by atoms with Gasteiger partial charge in [0.1, 0.15) is 5.38 Å². The summed E-state index contributed by atoms with van der Waals surface area (Å²) in [6.07, 6.45) is 0. The molecule has 0 aromatic rings. The van der Waals surface area contributed by atoms with E-state index in [0.29, 0.717) is 0 Å². The smallest absolute Gasteiger partial charge is 0.325 e. The summed E-state index contributed by atoms with van der Waals surface area (Å²) in [5.74, 6) is -0.615. The molecular weight excluding hydrogens is 242 g/mol. The Morgan fingerprint density at radius 1 is 1.47 bits per heavy atom. The van der Waals surface area contributed by atoms with Gasteiger partial charge in [-0.15, -0.1) is 11.6 Å². The van der Waals surface area contributed by atoms with Crippen LogP contribution in [-0.2, 0) is 19.6 Å². The van der Waals surface area contributed by atoms with Gasteiger partial charge in [-0.25, -0.2) is 13.1 Å². The first-order chi connectivity index (χ1) is 6.78. The predicted molar refractivity (Wildman–Crippen MR) is 58.3 cm³/mol. The van der Waals surface area contributed by atoms with Gasteiger partial charge in [0.2, 0.25) is 10.0 Å². The van der Waals surface area contributed by atoms with Crippen LogP contribution in [0.5, 0.6) is 0 Å². The van der Waals surface area contributed by atoms with Crippen LogP contribution < -0.4 is 4.72 Å². The van der Waals surface area contributed by atoms with Gasteiger partial charge in [-0.05, 0) is 5.92 Å². The fraction of sp³-hybridized carbons (Fsp3) is 0.875. The van der Waals surface area contributed by atoms with Crippen molar-refractivity contribution in [1.82, 2.24) is 4.72 Å². The first-order valence-corrected chi connectivity index (χ1v) is 6.56. The van der Waals surface area contributed by atoms with E-state index in [2.05, 4.69) is 9.46 Å². The zero-order valence-electron chi connectivity index (χ0n) is 8.99. The number of rotatable bonds is 6. The van der Waals surface area contributed by atoms with Crippen LogP contribution in [0.25, 0.3) is 0 Å². The minimum atomic E-state index is -3.36. The van der Waals surface area contributed by atoms with Crippen molar-refractivity contribution in [3.05, 3.63) is 0 Å². The molecule has 1 unspecified atom stereocenters. The number of carbonyl (C=O) groups excluding carboxylic acids is 1. The van der Waals surface area contributed by atoms with Crippen molar-refractivity contribution < 1.29 is 17.9 Å². The number of methoxy groups -OCH3 is 1. The van der Waals surface area contributed by atoms with Gasteiger partial charge in [0, 0.05) is 6.54 Å². The average Bonchev–Trinajstić information content (AvgIpc) is 2.11. The molecule has 0 aromatic heterocycles. The second-order valence-corrected chi connectivity index (χ2v) is 5.89. The van der Waals surface area contributed by atoms with Crippen LogP contribution >= 0.6 is 11.6 Å². The summed E-state index contributed by atoms with van der Waals surface area (Å²) >= 11 is 5.57. The first-order valence-electron chi connectivity index (χ1n) is 4.47. The van der Waals surface area contributed by atoms with Gasteiger partial charge in [-0.3, -0.25) is 4.79 Å². The molecule has 0 rings (SSSR count). The SMILES string of the molecule is COC(=O)C(Cl)CNS(=O)(=O)CC(C)C. The Hall–Kier alpha value is -0.330. The van der Waals surface area contributed by atoms with Crippen molar-refractivity contribution in [2.75, 3.05) is 19.4 Å². The molecule has 0 heterocycles. The van der Waals surface area contributed by atoms with Crippen LogP contribution in [0, 0.1) is 5.92 Å². The van der Waals surface area contributed by atoms with E-state index in [0.717, 1.165) is 0 Å². The Bertz CT molecular complexity index is 302. The van der Waals surface area contributed by atoms with Crippen LogP contribution in [0.3, 0.4) is 0 Å². The number of sulfonamides is 1. The molecule has 0 aliphatic rings. The minimum Gasteiger partial charge on any atom is -0.468 e. The highest BCUT2D eigenvalue weighted by molar-refractivity contribution is 7.89. The number of alkyl halides is 1. The van der Waals surface area contributed by atoms with E-state index >= 15 is 0 Å². The van der Waals surface area contributed by atoms with E-state index in [1.807, 2.05) is 0 Å². The van der Waals surface area contributed by atoms with Crippen molar-refractivity contribution in [1.29, 1.82) is 0 Å². The van der Waals surface area contributed by atoms with Crippen molar-refractivity contribution >= 4 is 27.6 Å². The third kappa shape index (κ3) is 6.70. The van der Waals surface area contributed by atoms with Crippen LogP contribution in [0.2, 0.25) is 0 Å². The summed E-state index contributed by atoms with van der Waals surface area (Å²) in [5.41, 5.74) is 0. The average molecular weight is 258 g/mol. The molecule has 0 saturated carbocycles. The topological polar surface area (TPSA) is 72.5 Å². The first kappa shape index (κ1) is 14.7. The third-order valence-electron chi connectivity index (χ3n) is 1.49. The lowest BCUT2D eigenvalue weighted by atomic mass is 10.3. The molecule has 0 amide bonds. The van der Waals surface area contributed by atoms with Crippen LogP contribution in [0.15, 0.2) is 0 Å². The fourth-order valence-electron chi connectivity index (χ4n) is 0.909. The maximum Gasteiger partial charge on any atom is 0.325 e. The summed E-state index contributed by atoms with van der Waals surface area (Å²) in [4.78, 5) is 10.9.